The standard InChI is InChI=1S/C58H38N8/c1-35-17-3-4-18-37(35)50-36(2)51(63-46-27-9-5-19-38(46)42-23-13-31-59-55(42)63)53(65-48-29-11-7-21-40(48)44-25-15-33-61-57(44)65)54(66-49-30-12-8-22-41(49)45-26-16-34-62-58(45)66)52(50)64-47-28-10-6-20-39(47)43-24-14-32-60-56(43)64/h3-34H,1-2H3. The molecule has 0 aliphatic carbocycles. The van der Waals surface area contributed by atoms with Gasteiger partial charge in [-0.2, -0.15) is 0 Å². The van der Waals surface area contributed by atoms with Gasteiger partial charge >= 0.3 is 0 Å². The van der Waals surface area contributed by atoms with E-state index in [0.717, 1.165) is 133 Å². The number of nitrogens with zero attached hydrogens (tertiary/aromatic N) is 8. The third-order valence-electron chi connectivity index (χ3n) is 13.7. The topological polar surface area (TPSA) is 71.3 Å². The molecular formula is C58H38N8. The highest BCUT2D eigenvalue weighted by atomic mass is 15.2. The third-order valence-corrected chi connectivity index (χ3v) is 13.7. The van der Waals surface area contributed by atoms with Crippen LogP contribution in [-0.2, 0) is 0 Å². The smallest absolute Gasteiger partial charge is 0.145 e. The van der Waals surface area contributed by atoms with E-state index in [0.29, 0.717) is 0 Å². The molecule has 8 heteroatoms. The number of pyridine rings is 4. The molecule has 0 saturated heterocycles. The van der Waals surface area contributed by atoms with Crippen LogP contribution in [0.15, 0.2) is 195 Å². The predicted octanol–water partition coefficient (Wildman–Crippen LogP) is 13.9. The lowest BCUT2D eigenvalue weighted by atomic mass is 9.90. The summed E-state index contributed by atoms with van der Waals surface area (Å²) < 4.78 is 9.63. The van der Waals surface area contributed by atoms with Crippen molar-refractivity contribution in [3.05, 3.63) is 206 Å². The molecule has 14 rings (SSSR count). The zero-order valence-electron chi connectivity index (χ0n) is 36.1. The summed E-state index contributed by atoms with van der Waals surface area (Å²) in [6.45, 7) is 4.51. The van der Waals surface area contributed by atoms with E-state index in [1.807, 2.05) is 49.1 Å². The quantitative estimate of drug-likeness (QED) is 0.173. The van der Waals surface area contributed by atoms with Gasteiger partial charge in [0.15, 0.2) is 0 Å². The molecule has 0 N–H and O–H groups in total. The minimum atomic E-state index is 0.842. The molecule has 8 aromatic heterocycles. The first-order valence-corrected chi connectivity index (χ1v) is 22.3. The van der Waals surface area contributed by atoms with Crippen molar-refractivity contribution in [2.24, 2.45) is 0 Å². The molecule has 0 fully saturated rings. The van der Waals surface area contributed by atoms with E-state index >= 15 is 0 Å². The molecule has 66 heavy (non-hydrogen) atoms. The molecule has 8 nitrogen and oxygen atoms in total. The monoisotopic (exact) mass is 846 g/mol. The van der Waals surface area contributed by atoms with E-state index < -0.39 is 0 Å². The number of hydrogen-bond donors (Lipinski definition) is 0. The maximum Gasteiger partial charge on any atom is 0.145 e. The molecule has 6 aromatic carbocycles. The number of aryl methyl sites for hydroxylation is 1. The molecule has 0 aliphatic rings. The van der Waals surface area contributed by atoms with Gasteiger partial charge in [0.05, 0.1) is 44.8 Å². The third kappa shape index (κ3) is 4.87. The van der Waals surface area contributed by atoms with Crippen molar-refractivity contribution >= 4 is 87.7 Å². The summed E-state index contributed by atoms with van der Waals surface area (Å²) in [6, 6.07) is 60.5. The van der Waals surface area contributed by atoms with Crippen LogP contribution in [0.5, 0.6) is 0 Å². The van der Waals surface area contributed by atoms with Crippen LogP contribution in [0.25, 0.3) is 122 Å². The van der Waals surface area contributed by atoms with Crippen LogP contribution in [0.2, 0.25) is 0 Å². The van der Waals surface area contributed by atoms with Gasteiger partial charge in [0.1, 0.15) is 22.6 Å². The average molecular weight is 847 g/mol. The highest BCUT2D eigenvalue weighted by Crippen LogP contribution is 2.51. The second kappa shape index (κ2) is 13.8. The van der Waals surface area contributed by atoms with Crippen LogP contribution in [0, 0.1) is 13.8 Å². The van der Waals surface area contributed by atoms with Crippen LogP contribution in [0.4, 0.5) is 0 Å². The summed E-state index contributed by atoms with van der Waals surface area (Å²) in [5.41, 5.74) is 15.8. The number of hydrogen-bond acceptors (Lipinski definition) is 4. The van der Waals surface area contributed by atoms with E-state index in [1.165, 1.54) is 0 Å². The molecular weight excluding hydrogens is 809 g/mol. The van der Waals surface area contributed by atoms with E-state index in [9.17, 15) is 0 Å². The molecule has 310 valence electrons. The highest BCUT2D eigenvalue weighted by Gasteiger charge is 2.34. The van der Waals surface area contributed by atoms with Gasteiger partial charge in [0.2, 0.25) is 0 Å². The Kier molecular flexibility index (Phi) is 7.66. The molecule has 14 aromatic rings. The molecule has 0 aliphatic heterocycles. The maximum atomic E-state index is 5.32. The first-order chi connectivity index (χ1) is 32.7. The van der Waals surface area contributed by atoms with Crippen molar-refractivity contribution < 1.29 is 0 Å². The van der Waals surface area contributed by atoms with Gasteiger partial charge in [-0.05, 0) is 103 Å². The average Bonchev–Trinajstić information content (AvgIpc) is 4.09. The zero-order valence-corrected chi connectivity index (χ0v) is 36.1. The van der Waals surface area contributed by atoms with Gasteiger partial charge in [-0.3, -0.25) is 18.3 Å². The Morgan fingerprint density at radius 3 is 0.985 bits per heavy atom. The summed E-state index contributed by atoms with van der Waals surface area (Å²) in [5, 5.41) is 8.73. The van der Waals surface area contributed by atoms with Crippen molar-refractivity contribution in [3.63, 3.8) is 0 Å². The largest absolute Gasteiger partial charge is 0.291 e. The fraction of sp³-hybridized carbons (Fsp3) is 0.0345. The molecule has 0 spiro atoms. The van der Waals surface area contributed by atoms with Gasteiger partial charge in [0, 0.05) is 73.4 Å². The van der Waals surface area contributed by atoms with E-state index in [4.69, 9.17) is 19.9 Å². The van der Waals surface area contributed by atoms with Crippen molar-refractivity contribution in [1.82, 2.24) is 38.2 Å². The van der Waals surface area contributed by atoms with Crippen LogP contribution in [0.3, 0.4) is 0 Å². The Labute approximate surface area is 377 Å². The van der Waals surface area contributed by atoms with Gasteiger partial charge in [-0.1, -0.05) is 97.1 Å². The van der Waals surface area contributed by atoms with Gasteiger partial charge in [-0.15, -0.1) is 0 Å². The maximum absolute atomic E-state index is 5.32. The van der Waals surface area contributed by atoms with Crippen molar-refractivity contribution in [1.29, 1.82) is 0 Å². The molecule has 0 amide bonds. The van der Waals surface area contributed by atoms with Crippen LogP contribution < -0.4 is 0 Å². The van der Waals surface area contributed by atoms with E-state index in [-0.39, 0.29) is 0 Å². The summed E-state index contributed by atoms with van der Waals surface area (Å²) >= 11 is 0. The minimum absolute atomic E-state index is 0.842. The molecule has 0 unspecified atom stereocenters. The summed E-state index contributed by atoms with van der Waals surface area (Å²) in [5.74, 6) is 0. The lowest BCUT2D eigenvalue weighted by molar-refractivity contribution is 0.989. The SMILES string of the molecule is Cc1ccccc1-c1c(C)c(-n2c3ccccc3c3cccnc32)c(-n2c3ccccc3c3cccnc32)c(-n2c3ccccc3c3cccnc32)c1-n1c2ccccc2c2cccnc21. The molecule has 0 atom stereocenters. The van der Waals surface area contributed by atoms with Gasteiger partial charge < -0.3 is 0 Å². The lowest BCUT2D eigenvalue weighted by Gasteiger charge is -2.30. The Bertz CT molecular complexity index is 4120. The van der Waals surface area contributed by atoms with E-state index in [1.54, 1.807) is 0 Å². The van der Waals surface area contributed by atoms with Crippen LogP contribution >= 0.6 is 0 Å². The Hall–Kier alpha value is -8.88. The minimum Gasteiger partial charge on any atom is -0.291 e. The first-order valence-electron chi connectivity index (χ1n) is 22.3. The van der Waals surface area contributed by atoms with Gasteiger partial charge in [-0.25, -0.2) is 19.9 Å². The van der Waals surface area contributed by atoms with Crippen LogP contribution in [0.1, 0.15) is 11.1 Å². The van der Waals surface area contributed by atoms with Crippen LogP contribution in [-0.4, -0.2) is 38.2 Å². The summed E-state index contributed by atoms with van der Waals surface area (Å²) in [6.07, 6.45) is 7.64. The Balaban J connectivity index is 1.37. The first kappa shape index (κ1) is 36.6. The number of para-hydroxylation sites is 4. The van der Waals surface area contributed by atoms with Gasteiger partial charge in [0.25, 0.3) is 0 Å². The number of rotatable bonds is 5. The molecule has 8 heterocycles. The number of fused-ring (bicyclic) bond motifs is 12. The van der Waals surface area contributed by atoms with E-state index in [2.05, 4.69) is 178 Å². The highest BCUT2D eigenvalue weighted by molar-refractivity contribution is 6.15. The lowest BCUT2D eigenvalue weighted by Crippen LogP contribution is -2.17. The summed E-state index contributed by atoms with van der Waals surface area (Å²) in [7, 11) is 0. The van der Waals surface area contributed by atoms with Crippen molar-refractivity contribution in [2.75, 3.05) is 0 Å². The zero-order chi connectivity index (χ0) is 43.6. The fourth-order valence-corrected chi connectivity index (χ4v) is 11.0. The predicted molar refractivity (Wildman–Crippen MR) is 270 cm³/mol. The normalized spacial score (nSPS) is 12.1. The molecule has 0 radical (unpaired) electrons. The second-order valence-corrected chi connectivity index (χ2v) is 17.1. The van der Waals surface area contributed by atoms with Crippen molar-refractivity contribution in [2.45, 2.75) is 13.8 Å². The molecule has 0 saturated carbocycles. The number of benzene rings is 6. The number of aromatic nitrogens is 8. The second-order valence-electron chi connectivity index (χ2n) is 17.1. The fourth-order valence-electron chi connectivity index (χ4n) is 11.0. The Morgan fingerprint density at radius 2 is 0.591 bits per heavy atom. The van der Waals surface area contributed by atoms with Crippen molar-refractivity contribution in [3.8, 4) is 33.9 Å². The Morgan fingerprint density at radius 1 is 0.288 bits per heavy atom. The summed E-state index contributed by atoms with van der Waals surface area (Å²) in [4.78, 5) is 21.1. The molecule has 0 bridgehead atoms.